The molecule has 1 aromatic rings. The van der Waals surface area contributed by atoms with Crippen molar-refractivity contribution in [3.05, 3.63) is 40.2 Å². The minimum atomic E-state index is -0.715. The van der Waals surface area contributed by atoms with Crippen LogP contribution < -0.4 is 0 Å². The van der Waals surface area contributed by atoms with Crippen LogP contribution >= 0.6 is 11.3 Å². The molecule has 4 rings (SSSR count). The van der Waals surface area contributed by atoms with Crippen LogP contribution in [-0.2, 0) is 20.7 Å². The van der Waals surface area contributed by atoms with Crippen molar-refractivity contribution < 1.29 is 19.4 Å². The molecule has 3 aliphatic rings. The second-order valence-electron chi connectivity index (χ2n) is 6.52. The van der Waals surface area contributed by atoms with Crippen molar-refractivity contribution in [1.82, 2.24) is 4.90 Å². The number of rotatable bonds is 4. The Hall–Kier alpha value is -1.92. The van der Waals surface area contributed by atoms with Crippen LogP contribution in [0.15, 0.2) is 29.8 Å². The number of esters is 1. The number of nitrogens with zero attached hydrogens (tertiary/aromatic N) is 1. The van der Waals surface area contributed by atoms with E-state index in [1.807, 2.05) is 11.4 Å². The number of fused-ring (bicyclic) bond motifs is 5. The van der Waals surface area contributed by atoms with E-state index >= 15 is 0 Å². The second-order valence-corrected chi connectivity index (χ2v) is 7.52. The first-order chi connectivity index (χ1) is 11.6. The maximum Gasteiger partial charge on any atom is 0.355 e. The molecule has 6 heteroatoms. The van der Waals surface area contributed by atoms with Crippen molar-refractivity contribution >= 4 is 28.8 Å². The van der Waals surface area contributed by atoms with E-state index in [4.69, 9.17) is 4.74 Å². The zero-order valence-electron chi connectivity index (χ0n) is 13.4. The van der Waals surface area contributed by atoms with Crippen molar-refractivity contribution in [2.24, 2.45) is 11.8 Å². The van der Waals surface area contributed by atoms with Gasteiger partial charge in [0.15, 0.2) is 0 Å². The minimum Gasteiger partial charge on any atom is -0.457 e. The quantitative estimate of drug-likeness (QED) is 0.515. The Morgan fingerprint density at radius 3 is 3.12 bits per heavy atom. The number of ether oxygens (including phenoxy) is 1. The number of aryl methyl sites for hydroxylation is 1. The van der Waals surface area contributed by atoms with Crippen LogP contribution in [0.3, 0.4) is 0 Å². The third-order valence-corrected chi connectivity index (χ3v) is 6.21. The van der Waals surface area contributed by atoms with Gasteiger partial charge in [-0.1, -0.05) is 12.7 Å². The summed E-state index contributed by atoms with van der Waals surface area (Å²) >= 11 is 1.68. The molecular weight excluding hydrogens is 326 g/mol. The van der Waals surface area contributed by atoms with E-state index in [-0.39, 0.29) is 24.5 Å². The molecule has 3 heterocycles. The molecule has 24 heavy (non-hydrogen) atoms. The molecule has 1 N–H and O–H groups in total. The van der Waals surface area contributed by atoms with Crippen LogP contribution in [0.4, 0.5) is 0 Å². The van der Waals surface area contributed by atoms with Gasteiger partial charge in [0.2, 0.25) is 5.91 Å². The molecule has 0 aromatic carbocycles. The summed E-state index contributed by atoms with van der Waals surface area (Å²) in [6.45, 7) is 5.32. The molecule has 5 nitrogen and oxygen atoms in total. The predicted octanol–water partition coefficient (Wildman–Crippen LogP) is 1.97. The van der Waals surface area contributed by atoms with Crippen LogP contribution in [0.2, 0.25) is 0 Å². The average Bonchev–Trinajstić information content (AvgIpc) is 3.12. The summed E-state index contributed by atoms with van der Waals surface area (Å²) in [5, 5.41) is 12.0. The zero-order chi connectivity index (χ0) is 17.0. The van der Waals surface area contributed by atoms with Gasteiger partial charge in [0.25, 0.3) is 0 Å². The summed E-state index contributed by atoms with van der Waals surface area (Å²) in [6.07, 6.45) is 2.63. The smallest absolute Gasteiger partial charge is 0.355 e. The third kappa shape index (κ3) is 1.96. The third-order valence-electron chi connectivity index (χ3n) is 5.23. The lowest BCUT2D eigenvalue weighted by molar-refractivity contribution is -0.164. The molecule has 4 atom stereocenters. The zero-order valence-corrected chi connectivity index (χ0v) is 14.2. The Labute approximate surface area is 144 Å². The Kier molecular flexibility index (Phi) is 3.62. The van der Waals surface area contributed by atoms with E-state index in [2.05, 4.69) is 6.58 Å². The second kappa shape index (κ2) is 5.57. The summed E-state index contributed by atoms with van der Waals surface area (Å²) in [4.78, 5) is 28.0. The SMILES string of the molecule is C=CCOC(=O)C1=C2c3ccsc3CC[C@H]2[C@@H]2[C@@H]([C@@H](C)O)C(=O)N12. The highest BCUT2D eigenvalue weighted by Crippen LogP contribution is 2.55. The van der Waals surface area contributed by atoms with Crippen LogP contribution in [0, 0.1) is 11.8 Å². The standard InChI is InChI=1S/C18H19NO4S/c1-3-7-23-18(22)16-14-10-6-8-24-12(10)5-4-11(14)15-13(9(2)20)17(21)19(15)16/h3,6,8-9,11,13,15,20H,1,4-5,7H2,2H3/t9-,11-,13-,15-/m1/s1. The first-order valence-corrected chi connectivity index (χ1v) is 9.04. The largest absolute Gasteiger partial charge is 0.457 e. The normalized spacial score (nSPS) is 28.7. The van der Waals surface area contributed by atoms with Crippen molar-refractivity contribution in [1.29, 1.82) is 0 Å². The molecule has 0 bridgehead atoms. The van der Waals surface area contributed by atoms with E-state index in [0.29, 0.717) is 5.70 Å². The summed E-state index contributed by atoms with van der Waals surface area (Å²) in [6, 6.07) is 1.89. The van der Waals surface area contributed by atoms with Crippen LogP contribution in [0.25, 0.3) is 5.57 Å². The number of amides is 1. The van der Waals surface area contributed by atoms with Gasteiger partial charge in [-0.2, -0.15) is 0 Å². The lowest BCUT2D eigenvalue weighted by Gasteiger charge is -2.47. The maximum atomic E-state index is 12.6. The number of hydrogen-bond donors (Lipinski definition) is 1. The number of thiophene rings is 1. The first-order valence-electron chi connectivity index (χ1n) is 8.16. The van der Waals surface area contributed by atoms with Crippen LogP contribution in [0.5, 0.6) is 0 Å². The van der Waals surface area contributed by atoms with Crippen LogP contribution in [0.1, 0.15) is 23.8 Å². The fourth-order valence-electron chi connectivity index (χ4n) is 4.30. The lowest BCUT2D eigenvalue weighted by atomic mass is 9.72. The van der Waals surface area contributed by atoms with Gasteiger partial charge in [0, 0.05) is 10.8 Å². The van der Waals surface area contributed by atoms with E-state index in [9.17, 15) is 14.7 Å². The fraction of sp³-hybridized carbons (Fsp3) is 0.444. The summed E-state index contributed by atoms with van der Waals surface area (Å²) in [5.74, 6) is -1.00. The Bertz CT molecular complexity index is 763. The average molecular weight is 345 g/mol. The van der Waals surface area contributed by atoms with E-state index in [0.717, 1.165) is 24.0 Å². The van der Waals surface area contributed by atoms with Crippen molar-refractivity contribution in [2.75, 3.05) is 6.61 Å². The van der Waals surface area contributed by atoms with Crippen molar-refractivity contribution in [3.63, 3.8) is 0 Å². The lowest BCUT2D eigenvalue weighted by Crippen LogP contribution is -2.64. The molecule has 0 saturated carbocycles. The van der Waals surface area contributed by atoms with Gasteiger partial charge in [-0.05, 0) is 42.3 Å². The summed E-state index contributed by atoms with van der Waals surface area (Å²) in [7, 11) is 0. The minimum absolute atomic E-state index is 0.0932. The highest BCUT2D eigenvalue weighted by molar-refractivity contribution is 7.10. The molecule has 0 spiro atoms. The number of carbonyl (C=O) groups excluding carboxylic acids is 2. The highest BCUT2D eigenvalue weighted by Gasteiger charge is 2.61. The van der Waals surface area contributed by atoms with Gasteiger partial charge in [-0.15, -0.1) is 11.3 Å². The van der Waals surface area contributed by atoms with E-state index < -0.39 is 18.0 Å². The molecule has 126 valence electrons. The summed E-state index contributed by atoms with van der Waals surface area (Å²) in [5.41, 5.74) is 2.36. The Morgan fingerprint density at radius 2 is 2.42 bits per heavy atom. The van der Waals surface area contributed by atoms with E-state index in [1.165, 1.54) is 11.0 Å². The van der Waals surface area contributed by atoms with Gasteiger partial charge in [0.05, 0.1) is 18.1 Å². The molecule has 2 aliphatic heterocycles. The maximum absolute atomic E-state index is 12.6. The summed E-state index contributed by atoms with van der Waals surface area (Å²) < 4.78 is 5.24. The molecule has 1 aromatic heterocycles. The van der Waals surface area contributed by atoms with Crippen LogP contribution in [-0.4, -0.2) is 40.6 Å². The van der Waals surface area contributed by atoms with E-state index in [1.54, 1.807) is 23.2 Å². The predicted molar refractivity (Wildman–Crippen MR) is 90.0 cm³/mol. The van der Waals surface area contributed by atoms with Gasteiger partial charge in [-0.25, -0.2) is 4.79 Å². The topological polar surface area (TPSA) is 66.8 Å². The molecule has 1 aliphatic carbocycles. The molecule has 1 fully saturated rings. The Balaban J connectivity index is 1.81. The number of aliphatic hydroxyl groups is 1. The Morgan fingerprint density at radius 1 is 1.62 bits per heavy atom. The molecule has 1 amide bonds. The van der Waals surface area contributed by atoms with Gasteiger partial charge in [0.1, 0.15) is 12.3 Å². The van der Waals surface area contributed by atoms with Crippen molar-refractivity contribution in [2.45, 2.75) is 31.9 Å². The first kappa shape index (κ1) is 15.6. The van der Waals surface area contributed by atoms with Gasteiger partial charge >= 0.3 is 5.97 Å². The molecule has 1 saturated heterocycles. The van der Waals surface area contributed by atoms with Gasteiger partial charge in [-0.3, -0.25) is 4.79 Å². The molecule has 0 unspecified atom stereocenters. The molecular formula is C18H19NO4S. The number of β-lactam (4-membered cyclic amide) rings is 1. The monoisotopic (exact) mass is 345 g/mol. The van der Waals surface area contributed by atoms with Gasteiger partial charge < -0.3 is 14.7 Å². The highest BCUT2D eigenvalue weighted by atomic mass is 32.1. The number of aliphatic hydroxyl groups excluding tert-OH is 1. The van der Waals surface area contributed by atoms with Crippen molar-refractivity contribution in [3.8, 4) is 0 Å². The number of hydrogen-bond acceptors (Lipinski definition) is 5. The molecule has 0 radical (unpaired) electrons. The number of carbonyl (C=O) groups is 2. The fourth-order valence-corrected chi connectivity index (χ4v) is 5.21.